The summed E-state index contributed by atoms with van der Waals surface area (Å²) in [7, 11) is 3.36. The average molecular weight is 498 g/mol. The molecule has 0 unspecified atom stereocenters. The van der Waals surface area contributed by atoms with Crippen LogP contribution in [0.25, 0.3) is 0 Å². The summed E-state index contributed by atoms with van der Waals surface area (Å²) in [6, 6.07) is 13.9. The van der Waals surface area contributed by atoms with Crippen LogP contribution in [0.2, 0.25) is 0 Å². The minimum absolute atomic E-state index is 0.0967. The zero-order chi connectivity index (χ0) is 25.2. The number of rotatable bonds is 11. The lowest BCUT2D eigenvalue weighted by molar-refractivity contribution is -0.120. The molecule has 2 amide bonds. The van der Waals surface area contributed by atoms with Gasteiger partial charge in [0.2, 0.25) is 11.8 Å². The standard InChI is InChI=1S/C24H27N5O5S/c1-4-34-23(32)17-6-5-7-18(13-17)26-22(31)15-35-24-28-27-20(29(24)2)14-25-21(30)12-16-8-10-19(33-3)11-9-16/h5-11,13H,4,12,14-15H2,1-3H3,(H,25,30)(H,26,31). The maximum Gasteiger partial charge on any atom is 0.338 e. The van der Waals surface area contributed by atoms with Crippen molar-refractivity contribution < 1.29 is 23.9 Å². The minimum atomic E-state index is -0.444. The Kier molecular flexibility index (Phi) is 9.24. The smallest absolute Gasteiger partial charge is 0.338 e. The maximum atomic E-state index is 12.4. The highest BCUT2D eigenvalue weighted by molar-refractivity contribution is 7.99. The Balaban J connectivity index is 1.47. The number of ether oxygens (including phenoxy) is 2. The lowest BCUT2D eigenvalue weighted by Crippen LogP contribution is -2.26. The molecule has 0 aliphatic rings. The first-order chi connectivity index (χ1) is 16.9. The highest BCUT2D eigenvalue weighted by Crippen LogP contribution is 2.17. The van der Waals surface area contributed by atoms with Gasteiger partial charge in [-0.15, -0.1) is 10.2 Å². The molecule has 0 fully saturated rings. The van der Waals surface area contributed by atoms with Gasteiger partial charge in [-0.1, -0.05) is 30.0 Å². The fourth-order valence-corrected chi connectivity index (χ4v) is 3.79. The second-order valence-corrected chi connectivity index (χ2v) is 8.34. The van der Waals surface area contributed by atoms with E-state index in [1.807, 2.05) is 24.3 Å². The number of benzene rings is 2. The van der Waals surface area contributed by atoms with Gasteiger partial charge in [-0.3, -0.25) is 9.59 Å². The summed E-state index contributed by atoms with van der Waals surface area (Å²) in [4.78, 5) is 36.5. The third kappa shape index (κ3) is 7.57. The number of aromatic nitrogens is 3. The molecule has 0 aliphatic heterocycles. The molecule has 35 heavy (non-hydrogen) atoms. The zero-order valence-electron chi connectivity index (χ0n) is 19.7. The van der Waals surface area contributed by atoms with Crippen LogP contribution in [0.3, 0.4) is 0 Å². The fourth-order valence-electron chi connectivity index (χ4n) is 3.06. The van der Waals surface area contributed by atoms with Gasteiger partial charge in [0.15, 0.2) is 11.0 Å². The molecule has 184 valence electrons. The highest BCUT2D eigenvalue weighted by Gasteiger charge is 2.14. The molecule has 2 N–H and O–H groups in total. The van der Waals surface area contributed by atoms with Gasteiger partial charge in [0, 0.05) is 12.7 Å². The van der Waals surface area contributed by atoms with Gasteiger partial charge in [-0.05, 0) is 42.8 Å². The maximum absolute atomic E-state index is 12.4. The zero-order valence-corrected chi connectivity index (χ0v) is 20.6. The minimum Gasteiger partial charge on any atom is -0.497 e. The average Bonchev–Trinajstić information content (AvgIpc) is 3.21. The molecule has 0 aliphatic carbocycles. The molecule has 0 bridgehead atoms. The van der Waals surface area contributed by atoms with Gasteiger partial charge in [0.25, 0.3) is 0 Å². The van der Waals surface area contributed by atoms with Crippen molar-refractivity contribution in [3.05, 3.63) is 65.5 Å². The lowest BCUT2D eigenvalue weighted by Gasteiger charge is -2.08. The number of amides is 2. The molecular formula is C24H27N5O5S. The lowest BCUT2D eigenvalue weighted by atomic mass is 10.1. The Morgan fingerprint density at radius 2 is 1.83 bits per heavy atom. The van der Waals surface area contributed by atoms with Crippen LogP contribution >= 0.6 is 11.8 Å². The summed E-state index contributed by atoms with van der Waals surface area (Å²) < 4.78 is 11.8. The molecule has 3 aromatic rings. The van der Waals surface area contributed by atoms with Crippen LogP contribution in [0.5, 0.6) is 5.75 Å². The number of hydrogen-bond donors (Lipinski definition) is 2. The number of thioether (sulfide) groups is 1. The van der Waals surface area contributed by atoms with E-state index < -0.39 is 5.97 Å². The first-order valence-electron chi connectivity index (χ1n) is 10.9. The number of hydrogen-bond acceptors (Lipinski definition) is 8. The van der Waals surface area contributed by atoms with Crippen molar-refractivity contribution >= 4 is 35.2 Å². The van der Waals surface area contributed by atoms with Crippen molar-refractivity contribution in [3.8, 4) is 5.75 Å². The normalized spacial score (nSPS) is 10.5. The molecule has 0 saturated carbocycles. The summed E-state index contributed by atoms with van der Waals surface area (Å²) in [5.41, 5.74) is 1.74. The third-order valence-corrected chi connectivity index (χ3v) is 5.90. The topological polar surface area (TPSA) is 124 Å². The van der Waals surface area contributed by atoms with E-state index in [1.54, 1.807) is 49.9 Å². The summed E-state index contributed by atoms with van der Waals surface area (Å²) >= 11 is 1.22. The van der Waals surface area contributed by atoms with E-state index in [-0.39, 0.29) is 37.1 Å². The molecule has 0 atom stereocenters. The number of nitrogens with one attached hydrogen (secondary N) is 2. The molecule has 10 nitrogen and oxygen atoms in total. The van der Waals surface area contributed by atoms with Gasteiger partial charge in [0.05, 0.1) is 38.0 Å². The van der Waals surface area contributed by atoms with E-state index in [4.69, 9.17) is 9.47 Å². The van der Waals surface area contributed by atoms with Crippen LogP contribution in [0.15, 0.2) is 53.7 Å². The fraction of sp³-hybridized carbons (Fsp3) is 0.292. The Labute approximate surface area is 207 Å². The quantitative estimate of drug-likeness (QED) is 0.306. The Bertz CT molecular complexity index is 1180. The van der Waals surface area contributed by atoms with Gasteiger partial charge in [-0.2, -0.15) is 0 Å². The highest BCUT2D eigenvalue weighted by atomic mass is 32.2. The number of esters is 1. The molecule has 0 radical (unpaired) electrons. The van der Waals surface area contributed by atoms with Crippen LogP contribution < -0.4 is 15.4 Å². The predicted octanol–water partition coefficient (Wildman–Crippen LogP) is 2.59. The number of anilines is 1. The summed E-state index contributed by atoms with van der Waals surface area (Å²) in [5.74, 6) is 0.556. The number of methoxy groups -OCH3 is 1. The number of carbonyl (C=O) groups excluding carboxylic acids is 3. The van der Waals surface area contributed by atoms with Crippen LogP contribution in [0.1, 0.15) is 28.7 Å². The van der Waals surface area contributed by atoms with E-state index in [2.05, 4.69) is 20.8 Å². The first kappa shape index (κ1) is 25.8. The molecular weight excluding hydrogens is 470 g/mol. The van der Waals surface area contributed by atoms with Crippen LogP contribution in [0, 0.1) is 0 Å². The van der Waals surface area contributed by atoms with Crippen LogP contribution in [-0.2, 0) is 34.3 Å². The van der Waals surface area contributed by atoms with Crippen molar-refractivity contribution in [1.29, 1.82) is 0 Å². The van der Waals surface area contributed by atoms with Crippen molar-refractivity contribution in [3.63, 3.8) is 0 Å². The van der Waals surface area contributed by atoms with E-state index >= 15 is 0 Å². The van der Waals surface area contributed by atoms with E-state index in [0.717, 1.165) is 11.3 Å². The number of carbonyl (C=O) groups is 3. The SMILES string of the molecule is CCOC(=O)c1cccc(NC(=O)CSc2nnc(CNC(=O)Cc3ccc(OC)cc3)n2C)c1. The predicted molar refractivity (Wildman–Crippen MR) is 131 cm³/mol. The second-order valence-electron chi connectivity index (χ2n) is 7.40. The Hall–Kier alpha value is -3.86. The summed E-state index contributed by atoms with van der Waals surface area (Å²) in [6.45, 7) is 2.22. The molecule has 11 heteroatoms. The van der Waals surface area contributed by atoms with Crippen molar-refractivity contribution in [2.75, 3.05) is 24.8 Å². The van der Waals surface area contributed by atoms with Crippen LogP contribution in [0.4, 0.5) is 5.69 Å². The number of nitrogens with zero attached hydrogens (tertiary/aromatic N) is 3. The van der Waals surface area contributed by atoms with Crippen molar-refractivity contribution in [2.45, 2.75) is 25.0 Å². The van der Waals surface area contributed by atoms with Gasteiger partial charge in [-0.25, -0.2) is 4.79 Å². The third-order valence-electron chi connectivity index (χ3n) is 4.88. The second kappa shape index (κ2) is 12.6. The van der Waals surface area contributed by atoms with E-state index in [9.17, 15) is 14.4 Å². The van der Waals surface area contributed by atoms with Gasteiger partial charge >= 0.3 is 5.97 Å². The Morgan fingerprint density at radius 1 is 1.06 bits per heavy atom. The van der Waals surface area contributed by atoms with Crippen LogP contribution in [-0.4, -0.2) is 52.0 Å². The summed E-state index contributed by atoms with van der Waals surface area (Å²) in [5, 5.41) is 14.3. The molecule has 0 spiro atoms. The van der Waals surface area contributed by atoms with E-state index in [0.29, 0.717) is 22.2 Å². The van der Waals surface area contributed by atoms with E-state index in [1.165, 1.54) is 11.8 Å². The van der Waals surface area contributed by atoms with Crippen molar-refractivity contribution in [1.82, 2.24) is 20.1 Å². The Morgan fingerprint density at radius 3 is 2.54 bits per heavy atom. The first-order valence-corrected chi connectivity index (χ1v) is 11.9. The van der Waals surface area contributed by atoms with Gasteiger partial charge in [0.1, 0.15) is 5.75 Å². The van der Waals surface area contributed by atoms with Gasteiger partial charge < -0.3 is 24.7 Å². The molecule has 2 aromatic carbocycles. The van der Waals surface area contributed by atoms with Crippen molar-refractivity contribution in [2.24, 2.45) is 7.05 Å². The molecule has 3 rings (SSSR count). The summed E-state index contributed by atoms with van der Waals surface area (Å²) in [6.07, 6.45) is 0.237. The molecule has 1 aromatic heterocycles. The largest absolute Gasteiger partial charge is 0.497 e. The molecule has 0 saturated heterocycles. The monoisotopic (exact) mass is 497 g/mol. The molecule has 1 heterocycles.